The summed E-state index contributed by atoms with van der Waals surface area (Å²) in [6.45, 7) is 4.25. The van der Waals surface area contributed by atoms with Crippen molar-refractivity contribution in [3.63, 3.8) is 0 Å². The summed E-state index contributed by atoms with van der Waals surface area (Å²) in [6, 6.07) is 0. The van der Waals surface area contributed by atoms with Crippen LogP contribution in [0.5, 0.6) is 0 Å². The molecule has 0 N–H and O–H groups in total. The molecule has 0 aliphatic carbocycles. The van der Waals surface area contributed by atoms with Crippen LogP contribution in [0, 0.1) is 0 Å². The van der Waals surface area contributed by atoms with E-state index in [2.05, 4.69) is 29.8 Å². The Morgan fingerprint density at radius 3 is 2.56 bits per heavy atom. The van der Waals surface area contributed by atoms with Crippen LogP contribution >= 0.6 is 15.9 Å². The van der Waals surface area contributed by atoms with E-state index in [4.69, 9.17) is 1.37 Å². The van der Waals surface area contributed by atoms with Crippen LogP contribution in [0.25, 0.3) is 0 Å². The molecule has 2 atom stereocenters. The average molecular weight is 194 g/mol. The minimum Gasteiger partial charge on any atom is -0.0891 e. The normalized spacial score (nSPS) is 18.8. The molecule has 0 rings (SSSR count). The van der Waals surface area contributed by atoms with Crippen LogP contribution in [0.2, 0.25) is 0 Å². The zero-order valence-electron chi connectivity index (χ0n) is 7.36. The Morgan fingerprint density at radius 1 is 1.44 bits per heavy atom. The van der Waals surface area contributed by atoms with Crippen LogP contribution in [0.1, 0.15) is 47.3 Å². The van der Waals surface area contributed by atoms with Crippen molar-refractivity contribution < 1.29 is 1.37 Å². The van der Waals surface area contributed by atoms with Crippen LogP contribution in [0.15, 0.2) is 0 Å². The number of rotatable bonds is 5. The fraction of sp³-hybridized carbons (Fsp3) is 1.00. The minimum absolute atomic E-state index is 0.0894. The second-order valence-corrected chi connectivity index (χ2v) is 3.48. The van der Waals surface area contributed by atoms with Crippen molar-refractivity contribution in [3.8, 4) is 0 Å². The van der Waals surface area contributed by atoms with Crippen LogP contribution < -0.4 is 0 Å². The van der Waals surface area contributed by atoms with Crippen molar-refractivity contribution >= 4 is 15.9 Å². The first-order valence-electron chi connectivity index (χ1n) is 4.36. The van der Waals surface area contributed by atoms with E-state index in [-0.39, 0.29) is 6.40 Å². The number of hydrogen-bond donors (Lipinski definition) is 0. The van der Waals surface area contributed by atoms with Crippen molar-refractivity contribution in [2.75, 3.05) is 0 Å². The number of alkyl halides is 1. The first-order valence-corrected chi connectivity index (χ1v) is 4.70. The van der Waals surface area contributed by atoms with Gasteiger partial charge in [0.15, 0.2) is 0 Å². The predicted molar refractivity (Wildman–Crippen MR) is 47.1 cm³/mol. The molecule has 0 heterocycles. The molecule has 0 nitrogen and oxygen atoms in total. The first kappa shape index (κ1) is 7.59. The van der Waals surface area contributed by atoms with Crippen molar-refractivity contribution in [2.45, 2.75) is 50.8 Å². The van der Waals surface area contributed by atoms with E-state index in [0.717, 1.165) is 12.8 Å². The number of halogens is 1. The van der Waals surface area contributed by atoms with Crippen LogP contribution in [-0.2, 0) is 0 Å². The Hall–Kier alpha value is 0.480. The summed E-state index contributed by atoms with van der Waals surface area (Å²) in [7, 11) is 0. The molecule has 9 heavy (non-hydrogen) atoms. The molecule has 0 aromatic rings. The van der Waals surface area contributed by atoms with E-state index >= 15 is 0 Å². The first-order chi connectivity index (χ1) is 4.72. The summed E-state index contributed by atoms with van der Waals surface area (Å²) >= 11 is 3.52. The molecular weight excluding hydrogens is 176 g/mol. The summed E-state index contributed by atoms with van der Waals surface area (Å²) in [6.07, 6.45) is 4.67. The van der Waals surface area contributed by atoms with Crippen molar-refractivity contribution in [1.29, 1.82) is 0 Å². The Morgan fingerprint density at radius 2 is 2.11 bits per heavy atom. The monoisotopic (exact) mass is 193 g/mol. The van der Waals surface area contributed by atoms with Gasteiger partial charge in [0.05, 0.1) is 0 Å². The summed E-state index contributed by atoms with van der Waals surface area (Å²) in [4.78, 5) is 0.414. The average Bonchev–Trinajstić information content (AvgIpc) is 1.98. The van der Waals surface area contributed by atoms with E-state index in [1.165, 1.54) is 12.8 Å². The maximum Gasteiger partial charge on any atom is 0.0278 e. The fourth-order valence-corrected chi connectivity index (χ4v) is 1.47. The third kappa shape index (κ3) is 6.36. The zero-order valence-corrected chi connectivity index (χ0v) is 7.95. The minimum atomic E-state index is 0.0894. The quantitative estimate of drug-likeness (QED) is 0.585. The molecule has 0 aromatic heterocycles. The Labute approximate surface area is 68.6 Å². The second-order valence-electron chi connectivity index (χ2n) is 2.30. The number of hydrogen-bond acceptors (Lipinski definition) is 0. The van der Waals surface area contributed by atoms with Crippen molar-refractivity contribution in [1.82, 2.24) is 0 Å². The highest BCUT2D eigenvalue weighted by atomic mass is 79.9. The smallest absolute Gasteiger partial charge is 0.0278 e. The lowest BCUT2D eigenvalue weighted by molar-refractivity contribution is 0.646. The maximum absolute atomic E-state index is 7.56. The summed E-state index contributed by atoms with van der Waals surface area (Å²) in [5.41, 5.74) is 0. The van der Waals surface area contributed by atoms with Gasteiger partial charge in [-0.25, -0.2) is 0 Å². The Balaban J connectivity index is 3.31. The highest BCUT2D eigenvalue weighted by Gasteiger charge is 1.99. The predicted octanol–water partition coefficient (Wildman–Crippen LogP) is 3.74. The molecule has 0 aliphatic rings. The molecule has 0 unspecified atom stereocenters. The van der Waals surface area contributed by atoms with Gasteiger partial charge in [0.25, 0.3) is 0 Å². The molecule has 0 bridgehead atoms. The standard InChI is InChI=1S/C8H17Br/c1-3-5-7-8(9)6-4-2/h8H,3-7H2,1-2H3/t8-/m0/s1/i6D/t6-,8+/m1. The maximum atomic E-state index is 7.56. The fourth-order valence-electron chi connectivity index (χ4n) is 0.773. The molecule has 56 valence electrons. The highest BCUT2D eigenvalue weighted by molar-refractivity contribution is 9.09. The van der Waals surface area contributed by atoms with Gasteiger partial charge in [-0.15, -0.1) is 0 Å². The molecule has 0 spiro atoms. The van der Waals surface area contributed by atoms with E-state index in [1.54, 1.807) is 0 Å². The molecule has 0 saturated carbocycles. The third-order valence-electron chi connectivity index (χ3n) is 1.32. The van der Waals surface area contributed by atoms with E-state index in [0.29, 0.717) is 4.83 Å². The van der Waals surface area contributed by atoms with Gasteiger partial charge >= 0.3 is 0 Å². The van der Waals surface area contributed by atoms with Gasteiger partial charge in [0.1, 0.15) is 0 Å². The second kappa shape index (κ2) is 6.60. The zero-order chi connectivity index (χ0) is 7.98. The summed E-state index contributed by atoms with van der Waals surface area (Å²) < 4.78 is 7.56. The van der Waals surface area contributed by atoms with Gasteiger partial charge in [-0.05, 0) is 12.8 Å². The molecule has 0 saturated heterocycles. The van der Waals surface area contributed by atoms with E-state index in [9.17, 15) is 0 Å². The van der Waals surface area contributed by atoms with E-state index < -0.39 is 0 Å². The molecular formula is C8H17Br. The third-order valence-corrected chi connectivity index (χ3v) is 2.16. The van der Waals surface area contributed by atoms with Gasteiger partial charge in [-0.1, -0.05) is 49.0 Å². The van der Waals surface area contributed by atoms with Crippen LogP contribution in [0.3, 0.4) is 0 Å². The van der Waals surface area contributed by atoms with E-state index in [1.807, 2.05) is 0 Å². The van der Waals surface area contributed by atoms with Crippen molar-refractivity contribution in [2.24, 2.45) is 0 Å². The largest absolute Gasteiger partial charge is 0.0891 e. The van der Waals surface area contributed by atoms with Crippen molar-refractivity contribution in [3.05, 3.63) is 0 Å². The summed E-state index contributed by atoms with van der Waals surface area (Å²) in [5.74, 6) is 0. The molecule has 0 radical (unpaired) electrons. The lowest BCUT2D eigenvalue weighted by atomic mass is 10.1. The van der Waals surface area contributed by atoms with Gasteiger partial charge in [0.2, 0.25) is 0 Å². The van der Waals surface area contributed by atoms with Crippen LogP contribution in [0.4, 0.5) is 0 Å². The molecule has 0 amide bonds. The SMILES string of the molecule is [2H][C@H](CC)[C@H](Br)CCCC. The number of unbranched alkanes of at least 4 members (excludes halogenated alkanes) is 1. The summed E-state index contributed by atoms with van der Waals surface area (Å²) in [5, 5.41) is 0. The van der Waals surface area contributed by atoms with Gasteiger partial charge in [0, 0.05) is 6.20 Å². The molecule has 0 aliphatic heterocycles. The Kier molecular flexibility index (Phi) is 5.56. The topological polar surface area (TPSA) is 0 Å². The molecule has 0 fully saturated rings. The van der Waals surface area contributed by atoms with Crippen LogP contribution in [-0.4, -0.2) is 4.83 Å². The van der Waals surface area contributed by atoms with Gasteiger partial charge < -0.3 is 0 Å². The van der Waals surface area contributed by atoms with Gasteiger partial charge in [-0.2, -0.15) is 0 Å². The lowest BCUT2D eigenvalue weighted by Crippen LogP contribution is -1.95. The lowest BCUT2D eigenvalue weighted by Gasteiger charge is -2.05. The van der Waals surface area contributed by atoms with Gasteiger partial charge in [-0.3, -0.25) is 0 Å². The highest BCUT2D eigenvalue weighted by Crippen LogP contribution is 2.14. The molecule has 1 heteroatoms. The Bertz CT molecular complexity index is 75.7. The molecule has 0 aromatic carbocycles.